The Hall–Kier alpha value is -2.28. The summed E-state index contributed by atoms with van der Waals surface area (Å²) in [5.74, 6) is 1.01. The lowest BCUT2D eigenvalue weighted by Crippen LogP contribution is -3.00. The van der Waals surface area contributed by atoms with Crippen molar-refractivity contribution < 1.29 is 31.2 Å². The molecule has 0 aliphatic carbocycles. The average molecular weight is 674 g/mol. The number of rotatable bonds is 14. The number of carbonyl (C=O) groups excluding carboxylic acids is 1. The van der Waals surface area contributed by atoms with Crippen molar-refractivity contribution in [1.82, 2.24) is 4.90 Å². The van der Waals surface area contributed by atoms with E-state index in [0.29, 0.717) is 41.6 Å². The number of benzene rings is 3. The summed E-state index contributed by atoms with van der Waals surface area (Å²) in [7, 11) is 1.68. The van der Waals surface area contributed by atoms with E-state index in [4.69, 9.17) is 32.7 Å². The van der Waals surface area contributed by atoms with Crippen molar-refractivity contribution in [3.05, 3.63) is 99.5 Å². The van der Waals surface area contributed by atoms with Gasteiger partial charge in [-0.15, -0.1) is 0 Å². The number of quaternary nitrogens is 1. The molecule has 5 nitrogen and oxygen atoms in total. The largest absolute Gasteiger partial charge is 1.00 e. The van der Waals surface area contributed by atoms with Crippen molar-refractivity contribution in [3.8, 4) is 5.75 Å². The normalized spacial score (nSPS) is 21.3. The van der Waals surface area contributed by atoms with Gasteiger partial charge in [-0.2, -0.15) is 0 Å². The molecule has 1 amide bonds. The first-order valence-electron chi connectivity index (χ1n) is 16.1. The van der Waals surface area contributed by atoms with Gasteiger partial charge in [0.25, 0.3) is 0 Å². The first-order valence-corrected chi connectivity index (χ1v) is 16.8. The van der Waals surface area contributed by atoms with Gasteiger partial charge in [0.15, 0.2) is 0 Å². The average Bonchev–Trinajstić information content (AvgIpc) is 3.03. The molecule has 8 heteroatoms. The van der Waals surface area contributed by atoms with Gasteiger partial charge in [0.2, 0.25) is 5.91 Å². The molecule has 3 aromatic carbocycles. The molecular formula is C37H47Cl3N2O3. The van der Waals surface area contributed by atoms with E-state index >= 15 is 0 Å². The van der Waals surface area contributed by atoms with E-state index in [1.807, 2.05) is 55.1 Å². The quantitative estimate of drug-likeness (QED) is 0.228. The molecule has 3 heterocycles. The first kappa shape index (κ1) is 35.6. The molecule has 244 valence electrons. The van der Waals surface area contributed by atoms with E-state index in [-0.39, 0.29) is 30.3 Å². The van der Waals surface area contributed by atoms with Crippen LogP contribution in [0.2, 0.25) is 10.0 Å². The van der Waals surface area contributed by atoms with Crippen LogP contribution in [0.25, 0.3) is 0 Å². The molecule has 2 bridgehead atoms. The fourth-order valence-corrected chi connectivity index (χ4v) is 7.56. The molecule has 0 N–H and O–H groups in total. The molecule has 1 unspecified atom stereocenters. The third kappa shape index (κ3) is 8.96. The molecule has 0 saturated carbocycles. The number of hydrogen-bond donors (Lipinski definition) is 0. The van der Waals surface area contributed by atoms with Crippen LogP contribution in [-0.2, 0) is 21.4 Å². The van der Waals surface area contributed by atoms with Gasteiger partial charge < -0.3 is 31.3 Å². The highest BCUT2D eigenvalue weighted by Crippen LogP contribution is 2.46. The van der Waals surface area contributed by atoms with Gasteiger partial charge in [0, 0.05) is 57.2 Å². The van der Waals surface area contributed by atoms with Gasteiger partial charge in [0.05, 0.1) is 55.4 Å². The highest BCUT2D eigenvalue weighted by Gasteiger charge is 2.49. The number of fused-ring (bicyclic) bond motifs is 3. The number of piperidine rings is 3. The third-order valence-electron chi connectivity index (χ3n) is 9.93. The topological polar surface area (TPSA) is 38.8 Å². The Bertz CT molecular complexity index is 1380. The fraction of sp³-hybridized carbons (Fsp3) is 0.486. The van der Waals surface area contributed by atoms with Crippen LogP contribution in [0.5, 0.6) is 5.75 Å². The van der Waals surface area contributed by atoms with Crippen molar-refractivity contribution in [1.29, 1.82) is 0 Å². The molecule has 1 atom stereocenters. The lowest BCUT2D eigenvalue weighted by molar-refractivity contribution is -0.943. The summed E-state index contributed by atoms with van der Waals surface area (Å²) >= 11 is 12.9. The number of carbonyl (C=O) groups is 1. The van der Waals surface area contributed by atoms with Crippen LogP contribution >= 0.6 is 23.2 Å². The lowest BCUT2D eigenvalue weighted by atomic mass is 9.66. The van der Waals surface area contributed by atoms with Crippen molar-refractivity contribution in [2.45, 2.75) is 63.4 Å². The molecule has 0 aromatic heterocycles. The van der Waals surface area contributed by atoms with E-state index in [0.717, 1.165) is 29.8 Å². The number of ether oxygens (including phenoxy) is 2. The van der Waals surface area contributed by atoms with E-state index in [2.05, 4.69) is 36.4 Å². The maximum absolute atomic E-state index is 13.8. The Morgan fingerprint density at radius 3 is 2.29 bits per heavy atom. The predicted octanol–water partition coefficient (Wildman–Crippen LogP) is 4.93. The monoisotopic (exact) mass is 672 g/mol. The number of nitrogens with zero attached hydrogens (tertiary/aromatic N) is 2. The Balaban J connectivity index is 0.00000461. The second-order valence-electron chi connectivity index (χ2n) is 13.1. The number of methoxy groups -OCH3 is 1. The molecule has 45 heavy (non-hydrogen) atoms. The molecule has 3 aromatic rings. The predicted molar refractivity (Wildman–Crippen MR) is 180 cm³/mol. The zero-order valence-corrected chi connectivity index (χ0v) is 29.1. The molecule has 6 rings (SSSR count). The Kier molecular flexibility index (Phi) is 12.7. The van der Waals surface area contributed by atoms with E-state index in [1.54, 1.807) is 7.11 Å². The fourth-order valence-electron chi connectivity index (χ4n) is 7.26. The minimum absolute atomic E-state index is 0. The van der Waals surface area contributed by atoms with Gasteiger partial charge in [-0.3, -0.25) is 4.79 Å². The number of halogens is 3. The Morgan fingerprint density at radius 2 is 1.64 bits per heavy atom. The van der Waals surface area contributed by atoms with Gasteiger partial charge in [-0.25, -0.2) is 0 Å². The van der Waals surface area contributed by atoms with Crippen LogP contribution in [0.15, 0.2) is 72.8 Å². The maximum atomic E-state index is 13.8. The minimum Gasteiger partial charge on any atom is -1.00 e. The summed E-state index contributed by atoms with van der Waals surface area (Å²) in [4.78, 5) is 15.8. The molecule has 3 aliphatic rings. The molecule has 3 fully saturated rings. The van der Waals surface area contributed by atoms with Crippen LogP contribution in [-0.4, -0.2) is 74.4 Å². The second-order valence-corrected chi connectivity index (χ2v) is 13.9. The zero-order valence-electron chi connectivity index (χ0n) is 26.8. The van der Waals surface area contributed by atoms with Crippen LogP contribution in [0, 0.1) is 0 Å². The van der Waals surface area contributed by atoms with Crippen molar-refractivity contribution in [2.75, 3.05) is 53.0 Å². The summed E-state index contributed by atoms with van der Waals surface area (Å²) in [5.41, 5.74) is 3.93. The lowest BCUT2D eigenvalue weighted by Gasteiger charge is -2.55. The highest BCUT2D eigenvalue weighted by atomic mass is 35.5. The van der Waals surface area contributed by atoms with Gasteiger partial charge >= 0.3 is 0 Å². The van der Waals surface area contributed by atoms with Gasteiger partial charge in [0.1, 0.15) is 5.75 Å². The Morgan fingerprint density at radius 1 is 0.933 bits per heavy atom. The van der Waals surface area contributed by atoms with Crippen molar-refractivity contribution in [3.63, 3.8) is 0 Å². The smallest absolute Gasteiger partial charge is 0.227 e. The van der Waals surface area contributed by atoms with Crippen molar-refractivity contribution >= 4 is 29.1 Å². The molecule has 3 saturated heterocycles. The highest BCUT2D eigenvalue weighted by molar-refractivity contribution is 6.42. The summed E-state index contributed by atoms with van der Waals surface area (Å²) < 4.78 is 12.5. The molecule has 3 aliphatic heterocycles. The van der Waals surface area contributed by atoms with Crippen LogP contribution in [0.3, 0.4) is 0 Å². The maximum Gasteiger partial charge on any atom is 0.227 e. The zero-order chi connectivity index (χ0) is 31.2. The van der Waals surface area contributed by atoms with Crippen LogP contribution in [0.4, 0.5) is 0 Å². The minimum atomic E-state index is 0. The van der Waals surface area contributed by atoms with Gasteiger partial charge in [-0.05, 0) is 54.8 Å². The number of hydrogen-bond acceptors (Lipinski definition) is 3. The Labute approximate surface area is 285 Å². The standard InChI is InChI=1S/C37H47Cl2N2O3.ClH/c1-28(2)44-33-11-7-8-29(24-33)25-36(42)40(18-23-43-3)27-31(30-12-13-34(38)35(39)26-30)14-19-41-20-15-37(16-21-41,17-22-41)32-9-5-4-6-10-32;/h4-13,24,26,28,31H,14-23,25,27H2,1-3H3;1H/q+1;/p-1. The number of amides is 1. The van der Waals surface area contributed by atoms with Crippen molar-refractivity contribution in [2.24, 2.45) is 0 Å². The van der Waals surface area contributed by atoms with Crippen LogP contribution < -0.4 is 17.1 Å². The van der Waals surface area contributed by atoms with E-state index in [1.165, 1.54) is 48.9 Å². The summed E-state index contributed by atoms with van der Waals surface area (Å²) in [6.45, 7) is 10.4. The summed E-state index contributed by atoms with van der Waals surface area (Å²) in [6.07, 6.45) is 5.09. The van der Waals surface area contributed by atoms with E-state index in [9.17, 15) is 4.79 Å². The summed E-state index contributed by atoms with van der Waals surface area (Å²) in [5, 5.41) is 1.11. The molecule has 0 radical (unpaired) electrons. The first-order chi connectivity index (χ1) is 21.2. The van der Waals surface area contributed by atoms with E-state index < -0.39 is 0 Å². The third-order valence-corrected chi connectivity index (χ3v) is 10.7. The van der Waals surface area contributed by atoms with Crippen LogP contribution in [0.1, 0.15) is 62.1 Å². The molecular weight excluding hydrogens is 627 g/mol. The second kappa shape index (κ2) is 16.0. The van der Waals surface area contributed by atoms with Gasteiger partial charge in [-0.1, -0.05) is 71.7 Å². The SMILES string of the molecule is COCCN(CC(CC[N+]12CCC(c3ccccc3)(CC1)CC2)c1ccc(Cl)c(Cl)c1)C(=O)Cc1cccc(OC(C)C)c1.[Cl-]. The summed E-state index contributed by atoms with van der Waals surface area (Å²) in [6, 6.07) is 25.0. The molecule has 0 spiro atoms.